The van der Waals surface area contributed by atoms with Crippen molar-refractivity contribution >= 4 is 17.2 Å². The standard InChI is InChI=1S/C13H16N2OS/c1-8-2-5-10(17-8)11-14-13(6-7-13)12(16)15(11)9-3-4-9/h2,5,9,11,14H,3-4,6-7H2,1H3. The molecule has 1 saturated heterocycles. The fourth-order valence-electron chi connectivity index (χ4n) is 2.78. The molecule has 4 rings (SSSR count). The summed E-state index contributed by atoms with van der Waals surface area (Å²) in [6.45, 7) is 2.12. The van der Waals surface area contributed by atoms with E-state index in [1.165, 1.54) is 22.6 Å². The smallest absolute Gasteiger partial charge is 0.244 e. The highest BCUT2D eigenvalue weighted by molar-refractivity contribution is 7.12. The lowest BCUT2D eigenvalue weighted by atomic mass is 10.3. The summed E-state index contributed by atoms with van der Waals surface area (Å²) in [6, 6.07) is 4.82. The molecule has 0 radical (unpaired) electrons. The first-order valence-electron chi connectivity index (χ1n) is 6.36. The van der Waals surface area contributed by atoms with E-state index in [0.717, 1.165) is 12.8 Å². The summed E-state index contributed by atoms with van der Waals surface area (Å²) in [4.78, 5) is 17.2. The average molecular weight is 248 g/mol. The Morgan fingerprint density at radius 1 is 1.41 bits per heavy atom. The van der Waals surface area contributed by atoms with E-state index in [9.17, 15) is 4.79 Å². The molecule has 4 heteroatoms. The zero-order chi connectivity index (χ0) is 11.6. The van der Waals surface area contributed by atoms with Gasteiger partial charge in [0.25, 0.3) is 0 Å². The van der Waals surface area contributed by atoms with Gasteiger partial charge in [0.15, 0.2) is 0 Å². The number of carbonyl (C=O) groups excluding carboxylic acids is 1. The number of aryl methyl sites for hydroxylation is 1. The van der Waals surface area contributed by atoms with E-state index in [2.05, 4.69) is 29.3 Å². The summed E-state index contributed by atoms with van der Waals surface area (Å²) in [5.74, 6) is 0.357. The van der Waals surface area contributed by atoms with Gasteiger partial charge < -0.3 is 4.90 Å². The predicted molar refractivity (Wildman–Crippen MR) is 66.8 cm³/mol. The molecule has 90 valence electrons. The van der Waals surface area contributed by atoms with Crippen molar-refractivity contribution in [3.63, 3.8) is 0 Å². The van der Waals surface area contributed by atoms with Crippen LogP contribution in [0.2, 0.25) is 0 Å². The summed E-state index contributed by atoms with van der Waals surface area (Å²) in [6.07, 6.45) is 4.57. The Hall–Kier alpha value is -0.870. The second-order valence-electron chi connectivity index (χ2n) is 5.52. The van der Waals surface area contributed by atoms with Gasteiger partial charge in [0.05, 0.1) is 0 Å². The minimum atomic E-state index is -0.175. The zero-order valence-electron chi connectivity index (χ0n) is 9.90. The Morgan fingerprint density at radius 2 is 2.18 bits per heavy atom. The highest BCUT2D eigenvalue weighted by Crippen LogP contribution is 2.50. The number of nitrogens with one attached hydrogen (secondary N) is 1. The molecular formula is C13H16N2OS. The van der Waals surface area contributed by atoms with Gasteiger partial charge >= 0.3 is 0 Å². The van der Waals surface area contributed by atoms with E-state index in [0.29, 0.717) is 11.9 Å². The third kappa shape index (κ3) is 1.40. The fraction of sp³-hybridized carbons (Fsp3) is 0.615. The maximum atomic E-state index is 12.4. The molecule has 1 spiro atoms. The maximum absolute atomic E-state index is 12.4. The van der Waals surface area contributed by atoms with E-state index < -0.39 is 0 Å². The van der Waals surface area contributed by atoms with E-state index in [1.54, 1.807) is 0 Å². The normalized spacial score (nSPS) is 30.3. The lowest BCUT2D eigenvalue weighted by Crippen LogP contribution is -2.33. The fourth-order valence-corrected chi connectivity index (χ4v) is 3.71. The minimum Gasteiger partial charge on any atom is -0.317 e. The molecule has 1 aliphatic heterocycles. The zero-order valence-corrected chi connectivity index (χ0v) is 10.7. The molecular weight excluding hydrogens is 232 g/mol. The topological polar surface area (TPSA) is 32.3 Å². The number of hydrogen-bond acceptors (Lipinski definition) is 3. The predicted octanol–water partition coefficient (Wildman–Crippen LogP) is 2.18. The van der Waals surface area contributed by atoms with Crippen LogP contribution in [0, 0.1) is 6.92 Å². The summed E-state index contributed by atoms with van der Waals surface area (Å²) < 4.78 is 0. The molecule has 3 nitrogen and oxygen atoms in total. The van der Waals surface area contributed by atoms with Gasteiger partial charge in [0, 0.05) is 15.8 Å². The van der Waals surface area contributed by atoms with Gasteiger partial charge in [0.1, 0.15) is 11.7 Å². The van der Waals surface area contributed by atoms with Crippen molar-refractivity contribution in [1.82, 2.24) is 10.2 Å². The van der Waals surface area contributed by atoms with Crippen LogP contribution in [0.5, 0.6) is 0 Å². The first-order valence-corrected chi connectivity index (χ1v) is 7.18. The van der Waals surface area contributed by atoms with Crippen LogP contribution in [0.25, 0.3) is 0 Å². The lowest BCUT2D eigenvalue weighted by Gasteiger charge is -2.22. The summed E-state index contributed by atoms with van der Waals surface area (Å²) in [5, 5.41) is 3.58. The largest absolute Gasteiger partial charge is 0.317 e. The van der Waals surface area contributed by atoms with Crippen molar-refractivity contribution in [2.24, 2.45) is 0 Å². The van der Waals surface area contributed by atoms with Crippen molar-refractivity contribution in [2.45, 2.75) is 50.4 Å². The Labute approximate surface area is 105 Å². The van der Waals surface area contributed by atoms with E-state index in [4.69, 9.17) is 0 Å². The van der Waals surface area contributed by atoms with Crippen LogP contribution in [-0.4, -0.2) is 22.4 Å². The molecule has 0 aromatic carbocycles. The van der Waals surface area contributed by atoms with Gasteiger partial charge in [-0.3, -0.25) is 10.1 Å². The number of hydrogen-bond donors (Lipinski definition) is 1. The third-order valence-corrected chi connectivity index (χ3v) is 5.11. The Bertz CT molecular complexity index is 487. The van der Waals surface area contributed by atoms with E-state index in [1.807, 2.05) is 11.3 Å². The third-order valence-electron chi connectivity index (χ3n) is 4.06. The Kier molecular flexibility index (Phi) is 1.85. The molecule has 0 bridgehead atoms. The highest BCUT2D eigenvalue weighted by Gasteiger charge is 2.61. The Morgan fingerprint density at radius 3 is 2.71 bits per heavy atom. The first kappa shape index (κ1) is 10.1. The monoisotopic (exact) mass is 248 g/mol. The van der Waals surface area contributed by atoms with Crippen LogP contribution in [-0.2, 0) is 4.79 Å². The van der Waals surface area contributed by atoms with E-state index >= 15 is 0 Å². The van der Waals surface area contributed by atoms with Gasteiger partial charge in [-0.25, -0.2) is 0 Å². The summed E-state index contributed by atoms with van der Waals surface area (Å²) >= 11 is 1.81. The van der Waals surface area contributed by atoms with Crippen LogP contribution in [0.15, 0.2) is 12.1 Å². The lowest BCUT2D eigenvalue weighted by molar-refractivity contribution is -0.131. The van der Waals surface area contributed by atoms with Gasteiger partial charge in [-0.05, 0) is 44.7 Å². The molecule has 2 aliphatic carbocycles. The minimum absolute atomic E-state index is 0.149. The SMILES string of the molecule is Cc1ccc(C2NC3(CC3)C(=O)N2C2CC2)s1. The van der Waals surface area contributed by atoms with Crippen molar-refractivity contribution in [3.8, 4) is 0 Å². The van der Waals surface area contributed by atoms with Crippen LogP contribution in [0.4, 0.5) is 0 Å². The molecule has 17 heavy (non-hydrogen) atoms. The maximum Gasteiger partial charge on any atom is 0.244 e. The molecule has 1 aromatic heterocycles. The van der Waals surface area contributed by atoms with Crippen molar-refractivity contribution in [2.75, 3.05) is 0 Å². The van der Waals surface area contributed by atoms with Crippen molar-refractivity contribution < 1.29 is 4.79 Å². The Balaban J connectivity index is 1.71. The number of thiophene rings is 1. The van der Waals surface area contributed by atoms with Gasteiger partial charge in [-0.2, -0.15) is 0 Å². The van der Waals surface area contributed by atoms with E-state index in [-0.39, 0.29) is 11.7 Å². The number of rotatable bonds is 2. The molecule has 2 saturated carbocycles. The van der Waals surface area contributed by atoms with Crippen molar-refractivity contribution in [3.05, 3.63) is 21.9 Å². The molecule has 3 aliphatic rings. The van der Waals surface area contributed by atoms with Crippen LogP contribution >= 0.6 is 11.3 Å². The molecule has 2 heterocycles. The summed E-state index contributed by atoms with van der Waals surface area (Å²) in [5.41, 5.74) is -0.175. The molecule has 1 aromatic rings. The molecule has 1 unspecified atom stereocenters. The van der Waals surface area contributed by atoms with Crippen molar-refractivity contribution in [1.29, 1.82) is 0 Å². The van der Waals surface area contributed by atoms with Gasteiger partial charge in [-0.15, -0.1) is 11.3 Å². The molecule has 1 amide bonds. The molecule has 1 atom stereocenters. The number of carbonyl (C=O) groups is 1. The highest BCUT2D eigenvalue weighted by atomic mass is 32.1. The van der Waals surface area contributed by atoms with Crippen LogP contribution in [0.1, 0.15) is 41.6 Å². The van der Waals surface area contributed by atoms with Crippen LogP contribution < -0.4 is 5.32 Å². The van der Waals surface area contributed by atoms with Gasteiger partial charge in [-0.1, -0.05) is 0 Å². The summed E-state index contributed by atoms with van der Waals surface area (Å²) in [7, 11) is 0. The molecule has 3 fully saturated rings. The second kappa shape index (κ2) is 3.12. The average Bonchev–Trinajstić information content (AvgIpc) is 3.19. The second-order valence-corrected chi connectivity index (χ2v) is 6.84. The first-order chi connectivity index (χ1) is 8.20. The van der Waals surface area contributed by atoms with Gasteiger partial charge in [0.2, 0.25) is 5.91 Å². The number of amides is 1. The number of nitrogens with zero attached hydrogens (tertiary/aromatic N) is 1. The van der Waals surface area contributed by atoms with Crippen LogP contribution in [0.3, 0.4) is 0 Å². The quantitative estimate of drug-likeness (QED) is 0.870. The molecule has 1 N–H and O–H groups in total.